The average molecular weight is 576 g/mol. The molecule has 0 bridgehead atoms. The minimum Gasteiger partial charge on any atom is -0.444 e. The lowest BCUT2D eigenvalue weighted by molar-refractivity contribution is -0.140. The number of hydrogen-bond donors (Lipinski definition) is 0. The third-order valence-electron chi connectivity index (χ3n) is 8.55. The van der Waals surface area contributed by atoms with Gasteiger partial charge >= 0.3 is 6.09 Å². The van der Waals surface area contributed by atoms with Crippen LogP contribution in [0.1, 0.15) is 71.2 Å². The number of nitrogens with zero attached hydrogens (tertiary/aromatic N) is 5. The van der Waals surface area contributed by atoms with Crippen LogP contribution in [0, 0.1) is 0 Å². The number of rotatable bonds is 5. The van der Waals surface area contributed by atoms with Crippen LogP contribution in [0.3, 0.4) is 0 Å². The largest absolute Gasteiger partial charge is 0.444 e. The highest BCUT2D eigenvalue weighted by atomic mass is 16.6. The first-order valence-corrected chi connectivity index (χ1v) is 15.2. The molecule has 0 spiro atoms. The van der Waals surface area contributed by atoms with Crippen LogP contribution in [-0.2, 0) is 26.2 Å². The van der Waals surface area contributed by atoms with Crippen LogP contribution in [-0.4, -0.2) is 94.5 Å². The van der Waals surface area contributed by atoms with Gasteiger partial charge in [-0.25, -0.2) is 4.79 Å². The number of amides is 3. The maximum absolute atomic E-state index is 14.1. The van der Waals surface area contributed by atoms with Gasteiger partial charge in [0.05, 0.1) is 12.2 Å². The lowest BCUT2D eigenvalue weighted by Crippen LogP contribution is -2.65. The molecule has 9 nitrogen and oxygen atoms in total. The summed E-state index contributed by atoms with van der Waals surface area (Å²) in [5.41, 5.74) is 3.16. The molecule has 3 aliphatic heterocycles. The van der Waals surface area contributed by atoms with Gasteiger partial charge in [0.2, 0.25) is 11.8 Å². The molecule has 0 radical (unpaired) electrons. The molecule has 9 heteroatoms. The molecular formula is C33H45N5O4. The van der Waals surface area contributed by atoms with Crippen molar-refractivity contribution in [3.8, 4) is 0 Å². The summed E-state index contributed by atoms with van der Waals surface area (Å²) < 4.78 is 5.68. The number of fused-ring (bicyclic) bond motifs is 1. The maximum atomic E-state index is 14.1. The third-order valence-corrected chi connectivity index (χ3v) is 8.55. The van der Waals surface area contributed by atoms with Gasteiger partial charge < -0.3 is 19.4 Å². The zero-order valence-corrected chi connectivity index (χ0v) is 25.9. The van der Waals surface area contributed by atoms with E-state index >= 15 is 0 Å². The Balaban J connectivity index is 1.38. The van der Waals surface area contributed by atoms with Gasteiger partial charge in [-0.2, -0.15) is 0 Å². The van der Waals surface area contributed by atoms with Crippen LogP contribution in [0.2, 0.25) is 0 Å². The molecule has 4 heterocycles. The molecule has 1 aromatic carbocycles. The van der Waals surface area contributed by atoms with Gasteiger partial charge in [0.15, 0.2) is 0 Å². The topological polar surface area (TPSA) is 86.3 Å². The lowest BCUT2D eigenvalue weighted by Gasteiger charge is -2.45. The number of pyridine rings is 1. The average Bonchev–Trinajstić information content (AvgIpc) is 3.54. The fraction of sp³-hybridized carbons (Fsp3) is 0.576. The SMILES string of the molecule is C[C@@H]1CN(CC(=O)N2CC(C)(C)c3cnc(Cc4ccccc4)cc32)[C@@H](C(=O)N2CCCC2)CN1C(=O)OC(C)(C)C. The molecule has 2 aromatic rings. The highest BCUT2D eigenvalue weighted by Crippen LogP contribution is 2.40. The predicted molar refractivity (Wildman–Crippen MR) is 162 cm³/mol. The molecule has 226 valence electrons. The molecule has 5 rings (SSSR count). The van der Waals surface area contributed by atoms with Crippen LogP contribution >= 0.6 is 0 Å². The summed E-state index contributed by atoms with van der Waals surface area (Å²) in [5.74, 6) is -0.0620. The Bertz CT molecular complexity index is 1320. The lowest BCUT2D eigenvalue weighted by atomic mass is 9.88. The van der Waals surface area contributed by atoms with Gasteiger partial charge in [-0.15, -0.1) is 0 Å². The summed E-state index contributed by atoms with van der Waals surface area (Å²) in [6.07, 6.45) is 4.13. The fourth-order valence-corrected chi connectivity index (χ4v) is 6.36. The van der Waals surface area contributed by atoms with Crippen LogP contribution in [0.5, 0.6) is 0 Å². The van der Waals surface area contributed by atoms with E-state index in [1.165, 1.54) is 5.56 Å². The van der Waals surface area contributed by atoms with Gasteiger partial charge in [-0.1, -0.05) is 44.2 Å². The van der Waals surface area contributed by atoms with Crippen LogP contribution in [0.25, 0.3) is 0 Å². The monoisotopic (exact) mass is 575 g/mol. The number of likely N-dealkylation sites (tertiary alicyclic amines) is 1. The van der Waals surface area contributed by atoms with Crippen LogP contribution in [0.4, 0.5) is 10.5 Å². The maximum Gasteiger partial charge on any atom is 0.410 e. The number of ether oxygens (including phenoxy) is 1. The summed E-state index contributed by atoms with van der Waals surface area (Å²) in [6, 6.07) is 11.4. The quantitative estimate of drug-likeness (QED) is 0.531. The van der Waals surface area contributed by atoms with Crippen molar-refractivity contribution in [2.75, 3.05) is 44.2 Å². The highest BCUT2D eigenvalue weighted by molar-refractivity contribution is 5.98. The predicted octanol–water partition coefficient (Wildman–Crippen LogP) is 4.23. The molecule has 3 amide bonds. The second-order valence-corrected chi connectivity index (χ2v) is 13.7. The van der Waals surface area contributed by atoms with E-state index in [2.05, 4.69) is 26.0 Å². The highest BCUT2D eigenvalue weighted by Gasteiger charge is 2.44. The Morgan fingerprint density at radius 3 is 2.40 bits per heavy atom. The molecule has 42 heavy (non-hydrogen) atoms. The number of aromatic nitrogens is 1. The van der Waals surface area contributed by atoms with Crippen LogP contribution < -0.4 is 4.90 Å². The Labute approximate surface area is 249 Å². The molecule has 3 aliphatic rings. The van der Waals surface area contributed by atoms with Gasteiger partial charge in [0, 0.05) is 68.1 Å². The van der Waals surface area contributed by atoms with E-state index in [1.54, 1.807) is 4.90 Å². The van der Waals surface area contributed by atoms with Crippen LogP contribution in [0.15, 0.2) is 42.6 Å². The van der Waals surface area contributed by atoms with Crippen molar-refractivity contribution in [2.24, 2.45) is 0 Å². The standard InChI is InChI=1S/C33H45N5O4/c1-23-19-36(28(30(40)35-14-10-11-15-35)20-37(23)31(41)42-32(2,3)4)21-29(39)38-22-33(5,6)26-18-34-25(17-27(26)38)16-24-12-8-7-9-13-24/h7-9,12-13,17-18,23,28H,10-11,14-16,19-22H2,1-6H3/t23-,28-/m1/s1. The normalized spacial score (nSPS) is 22.3. The number of piperazine rings is 1. The van der Waals surface area contributed by atoms with E-state index in [1.807, 2.05) is 72.9 Å². The van der Waals surface area contributed by atoms with Gasteiger partial charge in [-0.3, -0.25) is 19.5 Å². The van der Waals surface area contributed by atoms with Crippen molar-refractivity contribution < 1.29 is 19.1 Å². The molecular weight excluding hydrogens is 530 g/mol. The molecule has 0 unspecified atom stereocenters. The fourth-order valence-electron chi connectivity index (χ4n) is 6.36. The van der Waals surface area contributed by atoms with E-state index in [0.29, 0.717) is 32.6 Å². The first kappa shape index (κ1) is 30.0. The summed E-state index contributed by atoms with van der Waals surface area (Å²) in [7, 11) is 0. The Kier molecular flexibility index (Phi) is 8.34. The van der Waals surface area contributed by atoms with E-state index in [9.17, 15) is 14.4 Å². The molecule has 1 aromatic heterocycles. The summed E-state index contributed by atoms with van der Waals surface area (Å²) in [6.45, 7) is 14.4. The Morgan fingerprint density at radius 1 is 1.05 bits per heavy atom. The van der Waals surface area contributed by atoms with E-state index in [0.717, 1.165) is 29.8 Å². The smallest absolute Gasteiger partial charge is 0.410 e. The molecule has 0 saturated carbocycles. The minimum absolute atomic E-state index is 0.0164. The molecule has 2 fully saturated rings. The first-order chi connectivity index (χ1) is 19.8. The summed E-state index contributed by atoms with van der Waals surface area (Å²) in [4.78, 5) is 53.1. The Morgan fingerprint density at radius 2 is 1.74 bits per heavy atom. The van der Waals surface area contributed by atoms with Crippen molar-refractivity contribution in [1.29, 1.82) is 0 Å². The van der Waals surface area contributed by atoms with Crippen molar-refractivity contribution in [3.63, 3.8) is 0 Å². The zero-order chi connectivity index (χ0) is 30.2. The molecule has 0 N–H and O–H groups in total. The number of carbonyl (C=O) groups is 3. The van der Waals surface area contributed by atoms with E-state index in [-0.39, 0.29) is 36.4 Å². The van der Waals surface area contributed by atoms with Crippen molar-refractivity contribution in [3.05, 3.63) is 59.4 Å². The second-order valence-electron chi connectivity index (χ2n) is 13.7. The van der Waals surface area contributed by atoms with Crippen molar-refractivity contribution in [2.45, 2.75) is 83.9 Å². The summed E-state index contributed by atoms with van der Waals surface area (Å²) >= 11 is 0. The number of hydrogen-bond acceptors (Lipinski definition) is 6. The van der Waals surface area contributed by atoms with Crippen molar-refractivity contribution in [1.82, 2.24) is 19.7 Å². The third kappa shape index (κ3) is 6.46. The number of carbonyl (C=O) groups excluding carboxylic acids is 3. The summed E-state index contributed by atoms with van der Waals surface area (Å²) in [5, 5.41) is 0. The number of benzene rings is 1. The second kappa shape index (κ2) is 11.7. The number of anilines is 1. The van der Waals surface area contributed by atoms with Gasteiger partial charge in [0.1, 0.15) is 11.6 Å². The molecule has 2 atom stereocenters. The molecule has 0 aliphatic carbocycles. The van der Waals surface area contributed by atoms with E-state index in [4.69, 9.17) is 9.72 Å². The van der Waals surface area contributed by atoms with E-state index < -0.39 is 17.7 Å². The Hall–Kier alpha value is -3.46. The zero-order valence-electron chi connectivity index (χ0n) is 25.9. The van der Waals surface area contributed by atoms with Gasteiger partial charge in [0.25, 0.3) is 0 Å². The minimum atomic E-state index is -0.636. The van der Waals surface area contributed by atoms with Gasteiger partial charge in [-0.05, 0) is 52.2 Å². The molecule has 2 saturated heterocycles. The first-order valence-electron chi connectivity index (χ1n) is 15.2. The van der Waals surface area contributed by atoms with Crippen molar-refractivity contribution >= 4 is 23.6 Å².